The zero-order valence-corrected chi connectivity index (χ0v) is 14.4. The van der Waals surface area contributed by atoms with E-state index in [1.807, 2.05) is 24.4 Å². The number of benzene rings is 1. The van der Waals surface area contributed by atoms with Gasteiger partial charge in [0.2, 0.25) is 5.91 Å². The topological polar surface area (TPSA) is 74.2 Å². The first-order chi connectivity index (χ1) is 11.6. The summed E-state index contributed by atoms with van der Waals surface area (Å²) in [5, 5.41) is 4.12. The first-order valence-electron chi connectivity index (χ1n) is 8.93. The maximum absolute atomic E-state index is 12.2. The van der Waals surface area contributed by atoms with Gasteiger partial charge in [-0.2, -0.15) is 0 Å². The van der Waals surface area contributed by atoms with Gasteiger partial charge in [-0.25, -0.2) is 0 Å². The highest BCUT2D eigenvalue weighted by molar-refractivity contribution is 5.86. The van der Waals surface area contributed by atoms with E-state index in [2.05, 4.69) is 28.3 Å². The van der Waals surface area contributed by atoms with E-state index in [0.717, 1.165) is 23.0 Å². The van der Waals surface area contributed by atoms with Gasteiger partial charge in [-0.05, 0) is 37.9 Å². The number of H-pyrrole nitrogens is 1. The van der Waals surface area contributed by atoms with Crippen LogP contribution in [0.15, 0.2) is 30.5 Å². The molecule has 0 saturated heterocycles. The predicted molar refractivity (Wildman–Crippen MR) is 97.9 cm³/mol. The van der Waals surface area contributed by atoms with Gasteiger partial charge in [-0.1, -0.05) is 31.0 Å². The minimum Gasteiger partial charge on any atom is -0.361 e. The maximum Gasteiger partial charge on any atom is 0.237 e. The van der Waals surface area contributed by atoms with E-state index in [-0.39, 0.29) is 5.91 Å². The van der Waals surface area contributed by atoms with E-state index in [1.165, 1.54) is 25.7 Å². The third kappa shape index (κ3) is 3.97. The van der Waals surface area contributed by atoms with Crippen LogP contribution in [-0.4, -0.2) is 48.0 Å². The third-order valence-electron chi connectivity index (χ3n) is 5.16. The highest BCUT2D eigenvalue weighted by Crippen LogP contribution is 2.22. The summed E-state index contributed by atoms with van der Waals surface area (Å²) in [5.41, 5.74) is 8.27. The summed E-state index contributed by atoms with van der Waals surface area (Å²) < 4.78 is 0. The molecule has 0 aliphatic heterocycles. The molecule has 5 nitrogen and oxygen atoms in total. The van der Waals surface area contributed by atoms with Gasteiger partial charge in [0.05, 0.1) is 6.04 Å². The van der Waals surface area contributed by atoms with Crippen molar-refractivity contribution in [3.63, 3.8) is 0 Å². The first kappa shape index (κ1) is 17.0. The highest BCUT2D eigenvalue weighted by Gasteiger charge is 2.20. The molecule has 1 aromatic carbocycles. The van der Waals surface area contributed by atoms with Crippen LogP contribution in [0.3, 0.4) is 0 Å². The molecule has 0 unspecified atom stereocenters. The molecule has 2 aromatic rings. The van der Waals surface area contributed by atoms with E-state index in [9.17, 15) is 4.79 Å². The van der Waals surface area contributed by atoms with Gasteiger partial charge < -0.3 is 20.9 Å². The summed E-state index contributed by atoms with van der Waals surface area (Å²) in [6.07, 6.45) is 7.72. The van der Waals surface area contributed by atoms with Crippen LogP contribution in [0.25, 0.3) is 10.9 Å². The minimum atomic E-state index is -0.513. The van der Waals surface area contributed by atoms with Crippen molar-refractivity contribution in [2.24, 2.45) is 5.73 Å². The van der Waals surface area contributed by atoms with Gasteiger partial charge in [0, 0.05) is 36.2 Å². The number of carbonyl (C=O) groups excluding carboxylic acids is 1. The SMILES string of the molecule is CN(CCNC(=O)[C@@H](N)Cc1c[nH]c2ccccc12)C1CCCC1. The van der Waals surface area contributed by atoms with Crippen LogP contribution in [0.2, 0.25) is 0 Å². The van der Waals surface area contributed by atoms with E-state index in [0.29, 0.717) is 19.0 Å². The Kier molecular flexibility index (Phi) is 5.53. The summed E-state index contributed by atoms with van der Waals surface area (Å²) in [5.74, 6) is -0.0693. The van der Waals surface area contributed by atoms with Crippen molar-refractivity contribution < 1.29 is 4.79 Å². The number of rotatable bonds is 7. The van der Waals surface area contributed by atoms with Gasteiger partial charge in [0.15, 0.2) is 0 Å². The molecule has 24 heavy (non-hydrogen) atoms. The van der Waals surface area contributed by atoms with Crippen LogP contribution in [0, 0.1) is 0 Å². The van der Waals surface area contributed by atoms with Crippen LogP contribution in [0.5, 0.6) is 0 Å². The fourth-order valence-electron chi connectivity index (χ4n) is 3.64. The zero-order valence-electron chi connectivity index (χ0n) is 14.4. The molecule has 0 spiro atoms. The Balaban J connectivity index is 1.46. The van der Waals surface area contributed by atoms with Crippen molar-refractivity contribution in [3.8, 4) is 0 Å². The van der Waals surface area contributed by atoms with Crippen LogP contribution in [0.4, 0.5) is 0 Å². The Labute approximate surface area is 143 Å². The number of hydrogen-bond donors (Lipinski definition) is 3. The fraction of sp³-hybridized carbons (Fsp3) is 0.526. The molecule has 5 heteroatoms. The molecule has 4 N–H and O–H groups in total. The number of amides is 1. The van der Waals surface area contributed by atoms with Gasteiger partial charge in [0.25, 0.3) is 0 Å². The first-order valence-corrected chi connectivity index (χ1v) is 8.93. The summed E-state index contributed by atoms with van der Waals surface area (Å²) in [6.45, 7) is 1.55. The lowest BCUT2D eigenvalue weighted by Gasteiger charge is -2.24. The Bertz CT molecular complexity index is 675. The van der Waals surface area contributed by atoms with Crippen molar-refractivity contribution in [3.05, 3.63) is 36.0 Å². The fourth-order valence-corrected chi connectivity index (χ4v) is 3.64. The Hall–Kier alpha value is -1.85. The molecule has 0 bridgehead atoms. The molecule has 1 aliphatic rings. The Morgan fingerprint density at radius 3 is 2.92 bits per heavy atom. The molecular formula is C19H28N4O. The molecule has 1 saturated carbocycles. The molecule has 0 radical (unpaired) electrons. The summed E-state index contributed by atoms with van der Waals surface area (Å²) in [7, 11) is 2.15. The quantitative estimate of drug-likeness (QED) is 0.728. The van der Waals surface area contributed by atoms with Crippen LogP contribution in [0.1, 0.15) is 31.2 Å². The second-order valence-corrected chi connectivity index (χ2v) is 6.88. The Morgan fingerprint density at radius 2 is 2.12 bits per heavy atom. The lowest BCUT2D eigenvalue weighted by Crippen LogP contribution is -2.45. The lowest BCUT2D eigenvalue weighted by atomic mass is 10.1. The molecule has 1 amide bonds. The van der Waals surface area contributed by atoms with E-state index in [4.69, 9.17) is 5.73 Å². The number of carbonyl (C=O) groups is 1. The van der Waals surface area contributed by atoms with Crippen molar-refractivity contribution in [2.45, 2.75) is 44.2 Å². The van der Waals surface area contributed by atoms with Gasteiger partial charge in [0.1, 0.15) is 0 Å². The van der Waals surface area contributed by atoms with Gasteiger partial charge in [-0.3, -0.25) is 4.79 Å². The number of para-hydroxylation sites is 1. The molecule has 1 heterocycles. The molecule has 1 aromatic heterocycles. The van der Waals surface area contributed by atoms with Crippen LogP contribution < -0.4 is 11.1 Å². The van der Waals surface area contributed by atoms with Crippen molar-refractivity contribution in [2.75, 3.05) is 20.1 Å². The number of aromatic nitrogens is 1. The molecule has 1 atom stereocenters. The number of aromatic amines is 1. The van der Waals surface area contributed by atoms with Crippen LogP contribution in [-0.2, 0) is 11.2 Å². The number of nitrogens with one attached hydrogen (secondary N) is 2. The average molecular weight is 328 g/mol. The smallest absolute Gasteiger partial charge is 0.237 e. The maximum atomic E-state index is 12.2. The van der Waals surface area contributed by atoms with Gasteiger partial charge >= 0.3 is 0 Å². The number of fused-ring (bicyclic) bond motifs is 1. The highest BCUT2D eigenvalue weighted by atomic mass is 16.2. The van der Waals surface area contributed by atoms with Crippen molar-refractivity contribution >= 4 is 16.8 Å². The number of hydrogen-bond acceptors (Lipinski definition) is 3. The average Bonchev–Trinajstić information content (AvgIpc) is 3.25. The Morgan fingerprint density at radius 1 is 1.38 bits per heavy atom. The van der Waals surface area contributed by atoms with E-state index < -0.39 is 6.04 Å². The number of likely N-dealkylation sites (N-methyl/N-ethyl adjacent to an activating group) is 1. The predicted octanol–water partition coefficient (Wildman–Crippen LogP) is 2.03. The standard InChI is InChI=1S/C19H28N4O/c1-23(15-6-2-3-7-15)11-10-21-19(24)17(20)12-14-13-22-18-9-5-4-8-16(14)18/h4-5,8-9,13,15,17,22H,2-3,6-7,10-12,20H2,1H3,(H,21,24)/t17-/m0/s1. The summed E-state index contributed by atoms with van der Waals surface area (Å²) in [6, 6.07) is 8.26. The molecule has 1 fully saturated rings. The van der Waals surface area contributed by atoms with Crippen molar-refractivity contribution in [1.29, 1.82) is 0 Å². The lowest BCUT2D eigenvalue weighted by molar-refractivity contribution is -0.122. The second kappa shape index (κ2) is 7.81. The van der Waals surface area contributed by atoms with E-state index in [1.54, 1.807) is 0 Å². The molecule has 3 rings (SSSR count). The molecular weight excluding hydrogens is 300 g/mol. The van der Waals surface area contributed by atoms with E-state index >= 15 is 0 Å². The molecule has 130 valence electrons. The second-order valence-electron chi connectivity index (χ2n) is 6.88. The largest absolute Gasteiger partial charge is 0.361 e. The third-order valence-corrected chi connectivity index (χ3v) is 5.16. The summed E-state index contributed by atoms with van der Waals surface area (Å²) in [4.78, 5) is 17.8. The molecule has 1 aliphatic carbocycles. The van der Waals surface area contributed by atoms with Crippen LogP contribution >= 0.6 is 0 Å². The normalized spacial score (nSPS) is 16.8. The zero-order chi connectivity index (χ0) is 16.9. The monoisotopic (exact) mass is 328 g/mol. The number of nitrogens with two attached hydrogens (primary N) is 1. The van der Waals surface area contributed by atoms with Crippen molar-refractivity contribution in [1.82, 2.24) is 15.2 Å². The minimum absolute atomic E-state index is 0.0693. The number of nitrogens with zero attached hydrogens (tertiary/aromatic N) is 1. The van der Waals surface area contributed by atoms with Gasteiger partial charge in [-0.15, -0.1) is 0 Å². The summed E-state index contributed by atoms with van der Waals surface area (Å²) >= 11 is 0.